The number of allylic oxidation sites excluding steroid dienone is 1. The third-order valence-electron chi connectivity index (χ3n) is 3.29. The molecule has 0 aromatic heterocycles. The highest BCUT2D eigenvalue weighted by molar-refractivity contribution is 9.10. The molecule has 0 aliphatic rings. The smallest absolute Gasteiger partial charge is 0.242 e. The van der Waals surface area contributed by atoms with Gasteiger partial charge in [-0.25, -0.2) is 17.1 Å². The highest BCUT2D eigenvalue weighted by atomic mass is 79.9. The van der Waals surface area contributed by atoms with Crippen molar-refractivity contribution in [3.05, 3.63) is 70.0 Å². The lowest BCUT2D eigenvalue weighted by Gasteiger charge is -2.11. The zero-order valence-corrected chi connectivity index (χ0v) is 15.4. The number of hydrogen-bond donors (Lipinski definition) is 0. The van der Waals surface area contributed by atoms with Crippen LogP contribution in [0.25, 0.3) is 6.08 Å². The fourth-order valence-corrected chi connectivity index (χ4v) is 3.14. The summed E-state index contributed by atoms with van der Waals surface area (Å²) in [6, 6.07) is 10.1. The summed E-state index contributed by atoms with van der Waals surface area (Å²) in [6.07, 6.45) is 2.64. The maximum absolute atomic E-state index is 13.7. The van der Waals surface area contributed by atoms with Crippen LogP contribution in [-0.2, 0) is 10.0 Å². The van der Waals surface area contributed by atoms with E-state index in [1.807, 2.05) is 0 Å². The Labute approximate surface area is 148 Å². The summed E-state index contributed by atoms with van der Waals surface area (Å²) < 4.78 is 39.3. The summed E-state index contributed by atoms with van der Waals surface area (Å²) in [6.45, 7) is 0. The number of nitrogens with zero attached hydrogens (tertiary/aromatic N) is 1. The first-order valence-corrected chi connectivity index (χ1v) is 9.15. The van der Waals surface area contributed by atoms with Crippen LogP contribution >= 0.6 is 15.9 Å². The molecule has 0 bridgehead atoms. The Morgan fingerprint density at radius 2 is 1.75 bits per heavy atom. The van der Waals surface area contributed by atoms with Gasteiger partial charge < -0.3 is 0 Å². The minimum Gasteiger partial charge on any atom is -0.289 e. The topological polar surface area (TPSA) is 54.5 Å². The molecule has 0 saturated heterocycles. The van der Waals surface area contributed by atoms with E-state index in [2.05, 4.69) is 15.9 Å². The monoisotopic (exact) mass is 411 g/mol. The number of hydrogen-bond acceptors (Lipinski definition) is 3. The maximum Gasteiger partial charge on any atom is 0.242 e. The molecule has 0 radical (unpaired) electrons. The molecule has 2 aromatic carbocycles. The molecule has 0 aliphatic heterocycles. The SMILES string of the molecule is CN(C)S(=O)(=O)c1ccc(C(=O)C=Cc2ccc(Br)cc2F)cc1. The van der Waals surface area contributed by atoms with Crippen molar-refractivity contribution in [2.24, 2.45) is 0 Å². The molecular formula is C17H15BrFNO3S. The van der Waals surface area contributed by atoms with Gasteiger partial charge in [0, 0.05) is 29.7 Å². The van der Waals surface area contributed by atoms with Crippen LogP contribution in [0.2, 0.25) is 0 Å². The molecule has 2 aromatic rings. The number of sulfonamides is 1. The van der Waals surface area contributed by atoms with Crippen molar-refractivity contribution in [1.82, 2.24) is 4.31 Å². The van der Waals surface area contributed by atoms with Gasteiger partial charge in [0.1, 0.15) is 5.82 Å². The number of ketones is 1. The van der Waals surface area contributed by atoms with Crippen LogP contribution in [0.15, 0.2) is 57.9 Å². The van der Waals surface area contributed by atoms with E-state index in [9.17, 15) is 17.6 Å². The van der Waals surface area contributed by atoms with Gasteiger partial charge in [-0.1, -0.05) is 22.0 Å². The van der Waals surface area contributed by atoms with Crippen LogP contribution in [0.3, 0.4) is 0 Å². The number of carbonyl (C=O) groups excluding carboxylic acids is 1. The zero-order chi connectivity index (χ0) is 17.9. The van der Waals surface area contributed by atoms with E-state index in [1.54, 1.807) is 12.1 Å². The number of halogens is 2. The summed E-state index contributed by atoms with van der Waals surface area (Å²) >= 11 is 3.16. The molecular weight excluding hydrogens is 397 g/mol. The minimum absolute atomic E-state index is 0.104. The Morgan fingerprint density at radius 3 is 2.29 bits per heavy atom. The molecule has 7 heteroatoms. The Kier molecular flexibility index (Phi) is 5.69. The van der Waals surface area contributed by atoms with Crippen molar-refractivity contribution >= 4 is 37.8 Å². The summed E-state index contributed by atoms with van der Waals surface area (Å²) in [5, 5.41) is 0. The van der Waals surface area contributed by atoms with Gasteiger partial charge in [-0.3, -0.25) is 4.79 Å². The van der Waals surface area contributed by atoms with Crippen molar-refractivity contribution in [1.29, 1.82) is 0 Å². The number of rotatable bonds is 5. The molecule has 0 atom stereocenters. The van der Waals surface area contributed by atoms with E-state index >= 15 is 0 Å². The average Bonchev–Trinajstić information content (AvgIpc) is 2.53. The van der Waals surface area contributed by atoms with Crippen molar-refractivity contribution in [3.8, 4) is 0 Å². The number of benzene rings is 2. The Hall–Kier alpha value is -1.83. The predicted octanol–water partition coefficient (Wildman–Crippen LogP) is 3.73. The molecule has 2 rings (SSSR count). The van der Waals surface area contributed by atoms with Gasteiger partial charge in [-0.15, -0.1) is 0 Å². The maximum atomic E-state index is 13.7. The molecule has 0 heterocycles. The molecule has 0 saturated carbocycles. The van der Waals surface area contributed by atoms with Crippen molar-refractivity contribution < 1.29 is 17.6 Å². The molecule has 4 nitrogen and oxygen atoms in total. The molecule has 0 fully saturated rings. The fraction of sp³-hybridized carbons (Fsp3) is 0.118. The molecule has 0 spiro atoms. The average molecular weight is 412 g/mol. The lowest BCUT2D eigenvalue weighted by molar-refractivity contribution is 0.104. The molecule has 0 amide bonds. The van der Waals surface area contributed by atoms with Gasteiger partial charge in [0.2, 0.25) is 10.0 Å². The van der Waals surface area contributed by atoms with E-state index < -0.39 is 15.8 Å². The van der Waals surface area contributed by atoms with Gasteiger partial charge in [0.25, 0.3) is 0 Å². The van der Waals surface area contributed by atoms with Crippen LogP contribution in [0.4, 0.5) is 4.39 Å². The molecule has 126 valence electrons. The first-order valence-electron chi connectivity index (χ1n) is 6.92. The molecule has 0 N–H and O–H groups in total. The summed E-state index contributed by atoms with van der Waals surface area (Å²) in [4.78, 5) is 12.2. The van der Waals surface area contributed by atoms with Crippen molar-refractivity contribution in [2.75, 3.05) is 14.1 Å². The van der Waals surface area contributed by atoms with E-state index in [0.29, 0.717) is 15.6 Å². The third kappa shape index (κ3) is 4.17. The van der Waals surface area contributed by atoms with Crippen molar-refractivity contribution in [3.63, 3.8) is 0 Å². The highest BCUT2D eigenvalue weighted by Gasteiger charge is 2.17. The van der Waals surface area contributed by atoms with E-state index in [-0.39, 0.29) is 10.7 Å². The van der Waals surface area contributed by atoms with Crippen LogP contribution in [0.1, 0.15) is 15.9 Å². The molecule has 0 unspecified atom stereocenters. The van der Waals surface area contributed by atoms with Crippen LogP contribution in [-0.4, -0.2) is 32.6 Å². The van der Waals surface area contributed by atoms with Crippen LogP contribution in [0, 0.1) is 5.82 Å². The van der Waals surface area contributed by atoms with Crippen molar-refractivity contribution in [2.45, 2.75) is 4.90 Å². The van der Waals surface area contributed by atoms with E-state index in [1.165, 1.54) is 56.6 Å². The molecule has 0 aliphatic carbocycles. The third-order valence-corrected chi connectivity index (χ3v) is 5.62. The first kappa shape index (κ1) is 18.5. The van der Waals surface area contributed by atoms with Gasteiger partial charge in [-0.2, -0.15) is 0 Å². The lowest BCUT2D eigenvalue weighted by atomic mass is 10.1. The summed E-state index contributed by atoms with van der Waals surface area (Å²) in [5.74, 6) is -0.785. The predicted molar refractivity (Wildman–Crippen MR) is 94.8 cm³/mol. The standard InChI is InChI=1S/C17H15BrFNO3S/c1-20(2)24(22,23)15-8-4-13(5-9-15)17(21)10-6-12-3-7-14(18)11-16(12)19/h3-11H,1-2H3. The second-order valence-electron chi connectivity index (χ2n) is 5.18. The van der Waals surface area contributed by atoms with Gasteiger partial charge in [-0.05, 0) is 48.6 Å². The van der Waals surface area contributed by atoms with Crippen LogP contribution < -0.4 is 0 Å². The zero-order valence-electron chi connectivity index (χ0n) is 13.0. The Balaban J connectivity index is 2.20. The van der Waals surface area contributed by atoms with Crippen LogP contribution in [0.5, 0.6) is 0 Å². The van der Waals surface area contributed by atoms with Gasteiger partial charge in [0.05, 0.1) is 4.90 Å². The quantitative estimate of drug-likeness (QED) is 0.556. The largest absolute Gasteiger partial charge is 0.289 e. The fourth-order valence-electron chi connectivity index (χ4n) is 1.90. The van der Waals surface area contributed by atoms with Gasteiger partial charge in [0.15, 0.2) is 5.78 Å². The normalized spacial score (nSPS) is 12.0. The number of carbonyl (C=O) groups is 1. The Morgan fingerprint density at radius 1 is 1.12 bits per heavy atom. The summed E-state index contributed by atoms with van der Waals surface area (Å²) in [5.41, 5.74) is 0.611. The van der Waals surface area contributed by atoms with E-state index in [0.717, 1.165) is 4.31 Å². The minimum atomic E-state index is -3.53. The van der Waals surface area contributed by atoms with Gasteiger partial charge >= 0.3 is 0 Å². The van der Waals surface area contributed by atoms with E-state index in [4.69, 9.17) is 0 Å². The highest BCUT2D eigenvalue weighted by Crippen LogP contribution is 2.18. The second kappa shape index (κ2) is 7.38. The Bertz CT molecular complexity index is 891. The summed E-state index contributed by atoms with van der Waals surface area (Å²) in [7, 11) is -0.666. The lowest BCUT2D eigenvalue weighted by Crippen LogP contribution is -2.22. The molecule has 24 heavy (non-hydrogen) atoms. The first-order chi connectivity index (χ1) is 11.2. The second-order valence-corrected chi connectivity index (χ2v) is 8.24.